The third-order valence-electron chi connectivity index (χ3n) is 1.97. The monoisotopic (exact) mass is 239 g/mol. The number of carboxylic acids is 1. The molecule has 0 aliphatic heterocycles. The summed E-state index contributed by atoms with van der Waals surface area (Å²) in [6.45, 7) is 0. The van der Waals surface area contributed by atoms with E-state index in [2.05, 4.69) is 17.6 Å². The summed E-state index contributed by atoms with van der Waals surface area (Å²) >= 11 is 3.85. The van der Waals surface area contributed by atoms with E-state index in [1.807, 2.05) is 0 Å². The first-order chi connectivity index (χ1) is 7.58. The molecule has 1 heterocycles. The van der Waals surface area contributed by atoms with Crippen molar-refractivity contribution in [3.05, 3.63) is 35.8 Å². The van der Waals surface area contributed by atoms with Crippen molar-refractivity contribution in [3.63, 3.8) is 0 Å². The summed E-state index contributed by atoms with van der Waals surface area (Å²) in [5, 5.41) is 9.01. The maximum atomic E-state index is 13.0. The normalized spacial score (nSPS) is 10.4. The molecule has 0 atom stereocenters. The number of aromatic nitrogens is 1. The summed E-state index contributed by atoms with van der Waals surface area (Å²) in [6, 6.07) is 3.33. The number of nitrogens with zero attached hydrogens (tertiary/aromatic N) is 1. The number of oxazole rings is 1. The molecule has 16 heavy (non-hydrogen) atoms. The van der Waals surface area contributed by atoms with Gasteiger partial charge in [-0.3, -0.25) is 0 Å². The zero-order chi connectivity index (χ0) is 11.7. The van der Waals surface area contributed by atoms with E-state index in [4.69, 9.17) is 9.52 Å². The Balaban J connectivity index is 2.62. The summed E-state index contributed by atoms with van der Waals surface area (Å²) < 4.78 is 18.1. The Bertz CT molecular complexity index is 553. The lowest BCUT2D eigenvalue weighted by atomic mass is 10.1. The standard InChI is InChI=1S/C10H6FNO3S/c11-5-1-2-6(9(13)14)7(3-5)8-4-12-10(16)15-8/h1-4H,(H,12,16)(H,13,14). The first-order valence-electron chi connectivity index (χ1n) is 4.26. The van der Waals surface area contributed by atoms with Gasteiger partial charge < -0.3 is 9.52 Å². The van der Waals surface area contributed by atoms with Crippen LogP contribution in [0.4, 0.5) is 4.39 Å². The number of thiol groups is 1. The Morgan fingerprint density at radius 1 is 1.50 bits per heavy atom. The van der Waals surface area contributed by atoms with Crippen LogP contribution in [0.25, 0.3) is 11.3 Å². The minimum absolute atomic E-state index is 0.0501. The molecule has 4 nitrogen and oxygen atoms in total. The van der Waals surface area contributed by atoms with E-state index in [1.54, 1.807) is 0 Å². The van der Waals surface area contributed by atoms with E-state index in [9.17, 15) is 9.18 Å². The second-order valence-electron chi connectivity index (χ2n) is 3.00. The van der Waals surface area contributed by atoms with Crippen LogP contribution in [0, 0.1) is 5.82 Å². The second-order valence-corrected chi connectivity index (χ2v) is 3.38. The summed E-state index contributed by atoms with van der Waals surface area (Å²) in [5.74, 6) is -1.54. The fourth-order valence-electron chi connectivity index (χ4n) is 1.30. The Hall–Kier alpha value is -1.82. The molecule has 2 aromatic rings. The number of hydrogen-bond donors (Lipinski definition) is 2. The minimum atomic E-state index is -1.16. The van der Waals surface area contributed by atoms with Crippen molar-refractivity contribution in [1.82, 2.24) is 4.98 Å². The largest absolute Gasteiger partial charge is 0.478 e. The van der Waals surface area contributed by atoms with Gasteiger partial charge in [0, 0.05) is 5.56 Å². The second kappa shape index (κ2) is 3.97. The molecule has 0 amide bonds. The smallest absolute Gasteiger partial charge is 0.336 e. The molecule has 0 aliphatic carbocycles. The Labute approximate surface area is 95.1 Å². The van der Waals surface area contributed by atoms with Crippen LogP contribution < -0.4 is 0 Å². The molecule has 0 aliphatic rings. The fourth-order valence-corrected chi connectivity index (χ4v) is 1.45. The van der Waals surface area contributed by atoms with Crippen molar-refractivity contribution >= 4 is 18.6 Å². The Morgan fingerprint density at radius 3 is 2.81 bits per heavy atom. The maximum Gasteiger partial charge on any atom is 0.336 e. The highest BCUT2D eigenvalue weighted by atomic mass is 32.1. The van der Waals surface area contributed by atoms with Gasteiger partial charge >= 0.3 is 5.97 Å². The molecule has 1 aromatic heterocycles. The number of carboxylic acid groups (broad SMARTS) is 1. The summed E-state index contributed by atoms with van der Waals surface area (Å²) in [5.41, 5.74) is 0.0891. The zero-order valence-corrected chi connectivity index (χ0v) is 8.74. The number of benzene rings is 1. The van der Waals surface area contributed by atoms with E-state index in [0.717, 1.165) is 12.1 Å². The molecule has 82 valence electrons. The van der Waals surface area contributed by atoms with Crippen molar-refractivity contribution < 1.29 is 18.7 Å². The lowest BCUT2D eigenvalue weighted by molar-refractivity contribution is 0.0697. The summed E-state index contributed by atoms with van der Waals surface area (Å²) in [6.07, 6.45) is 1.30. The molecule has 1 aromatic carbocycles. The van der Waals surface area contributed by atoms with E-state index in [0.29, 0.717) is 0 Å². The molecule has 1 N–H and O–H groups in total. The van der Waals surface area contributed by atoms with Crippen LogP contribution in [0.3, 0.4) is 0 Å². The topological polar surface area (TPSA) is 63.3 Å². The van der Waals surface area contributed by atoms with E-state index < -0.39 is 11.8 Å². The summed E-state index contributed by atoms with van der Waals surface area (Å²) in [7, 11) is 0. The van der Waals surface area contributed by atoms with Gasteiger partial charge in [-0.15, -0.1) is 0 Å². The predicted octanol–water partition coefficient (Wildman–Crippen LogP) is 2.47. The first kappa shape index (κ1) is 10.7. The first-order valence-corrected chi connectivity index (χ1v) is 4.70. The van der Waals surface area contributed by atoms with Crippen molar-refractivity contribution in [2.45, 2.75) is 5.22 Å². The number of hydrogen-bond acceptors (Lipinski definition) is 4. The van der Waals surface area contributed by atoms with Crippen LogP contribution in [0.5, 0.6) is 0 Å². The highest BCUT2D eigenvalue weighted by Gasteiger charge is 2.15. The highest BCUT2D eigenvalue weighted by molar-refractivity contribution is 7.80. The van der Waals surface area contributed by atoms with Crippen LogP contribution in [0.15, 0.2) is 34.0 Å². The van der Waals surface area contributed by atoms with Gasteiger partial charge in [0.05, 0.1) is 11.8 Å². The lowest BCUT2D eigenvalue weighted by Crippen LogP contribution is -1.99. The highest BCUT2D eigenvalue weighted by Crippen LogP contribution is 2.26. The minimum Gasteiger partial charge on any atom is -0.478 e. The number of aromatic carboxylic acids is 1. The van der Waals surface area contributed by atoms with Gasteiger partial charge in [0.15, 0.2) is 5.76 Å². The zero-order valence-electron chi connectivity index (χ0n) is 7.85. The van der Waals surface area contributed by atoms with Crippen LogP contribution in [-0.2, 0) is 0 Å². The van der Waals surface area contributed by atoms with Crippen molar-refractivity contribution in [3.8, 4) is 11.3 Å². The molecular formula is C10H6FNO3S. The average molecular weight is 239 g/mol. The van der Waals surface area contributed by atoms with Crippen LogP contribution in [0.2, 0.25) is 0 Å². The van der Waals surface area contributed by atoms with Gasteiger partial charge in [-0.25, -0.2) is 14.2 Å². The number of carbonyl (C=O) groups is 1. The molecule has 0 fully saturated rings. The molecule has 0 saturated heterocycles. The van der Waals surface area contributed by atoms with Gasteiger partial charge in [-0.2, -0.15) is 0 Å². The van der Waals surface area contributed by atoms with Crippen LogP contribution in [-0.4, -0.2) is 16.1 Å². The Kier molecular flexibility index (Phi) is 2.66. The molecular weight excluding hydrogens is 233 g/mol. The predicted molar refractivity (Wildman–Crippen MR) is 56.1 cm³/mol. The Morgan fingerprint density at radius 2 is 2.25 bits per heavy atom. The third kappa shape index (κ3) is 1.92. The van der Waals surface area contributed by atoms with Gasteiger partial charge in [0.2, 0.25) is 0 Å². The molecule has 0 spiro atoms. The number of halogens is 1. The third-order valence-corrected chi connectivity index (χ3v) is 2.18. The molecule has 6 heteroatoms. The van der Waals surface area contributed by atoms with Gasteiger partial charge in [-0.05, 0) is 18.2 Å². The quantitative estimate of drug-likeness (QED) is 0.790. The average Bonchev–Trinajstić information content (AvgIpc) is 2.64. The van der Waals surface area contributed by atoms with Crippen LogP contribution in [0.1, 0.15) is 10.4 Å². The van der Waals surface area contributed by atoms with E-state index >= 15 is 0 Å². The molecule has 0 bridgehead atoms. The molecule has 0 radical (unpaired) electrons. The van der Waals surface area contributed by atoms with Gasteiger partial charge in [-0.1, -0.05) is 12.6 Å². The van der Waals surface area contributed by atoms with Crippen molar-refractivity contribution in [1.29, 1.82) is 0 Å². The maximum absolute atomic E-state index is 13.0. The molecule has 0 saturated carbocycles. The number of rotatable bonds is 2. The fraction of sp³-hybridized carbons (Fsp3) is 0. The van der Waals surface area contributed by atoms with Gasteiger partial charge in [0.25, 0.3) is 5.22 Å². The van der Waals surface area contributed by atoms with E-state index in [1.165, 1.54) is 12.3 Å². The van der Waals surface area contributed by atoms with Crippen molar-refractivity contribution in [2.75, 3.05) is 0 Å². The molecule has 0 unspecified atom stereocenters. The van der Waals surface area contributed by atoms with Crippen molar-refractivity contribution in [2.24, 2.45) is 0 Å². The lowest BCUT2D eigenvalue weighted by Gasteiger charge is -2.02. The molecule has 2 rings (SSSR count). The van der Waals surface area contributed by atoms with Crippen LogP contribution >= 0.6 is 12.6 Å². The SMILES string of the molecule is O=C(O)c1ccc(F)cc1-c1cnc(S)o1. The van der Waals surface area contributed by atoms with Gasteiger partial charge in [0.1, 0.15) is 5.82 Å². The van der Waals surface area contributed by atoms with E-state index in [-0.39, 0.29) is 22.1 Å². The summed E-state index contributed by atoms with van der Waals surface area (Å²) in [4.78, 5) is 14.6.